The third-order valence-corrected chi connectivity index (χ3v) is 10.7. The van der Waals surface area contributed by atoms with Crippen LogP contribution >= 0.6 is 0 Å². The van der Waals surface area contributed by atoms with Gasteiger partial charge in [0, 0.05) is 11.8 Å². The molecular weight excluding hydrogens is 400 g/mol. The predicted octanol–water partition coefficient (Wildman–Crippen LogP) is 4.82. The number of rotatable bonds is 4. The lowest BCUT2D eigenvalue weighted by atomic mass is 9.43. The van der Waals surface area contributed by atoms with Crippen molar-refractivity contribution in [3.63, 3.8) is 0 Å². The fraction of sp³-hybridized carbons (Fsp3) is 0.821. The van der Waals surface area contributed by atoms with Crippen molar-refractivity contribution in [2.24, 2.45) is 40.4 Å². The maximum absolute atomic E-state index is 13.3. The van der Waals surface area contributed by atoms with Gasteiger partial charge >= 0.3 is 0 Å². The molecule has 0 aliphatic heterocycles. The summed E-state index contributed by atoms with van der Waals surface area (Å²) in [6.45, 7) is 13.4. The maximum atomic E-state index is 13.3. The van der Waals surface area contributed by atoms with Crippen LogP contribution < -0.4 is 0 Å². The first-order valence-corrected chi connectivity index (χ1v) is 12.9. The molecule has 3 fully saturated rings. The number of carbonyl (C=O) groups excluding carboxylic acids is 1. The molecule has 4 rings (SSSR count). The summed E-state index contributed by atoms with van der Waals surface area (Å²) in [6, 6.07) is 0. The standard InChI is InChI=1S/C28H44O4/c1-17(2)18(3)7-8-19(4)21-9-10-22-23-15-24(30)28(32)16-20(29)11-12-26(28,6)27(23,31)14-13-25(21,22)5/h7-8,15,17-22,29,31-32H,9-14,16H2,1-6H3/t18?,19-,20+,21-,22+,25-,26-,27-,28+/m1/s1. The molecule has 0 saturated heterocycles. The number of hydrogen-bond donors (Lipinski definition) is 3. The van der Waals surface area contributed by atoms with Crippen LogP contribution in [0.3, 0.4) is 0 Å². The van der Waals surface area contributed by atoms with E-state index in [2.05, 4.69) is 46.8 Å². The molecule has 4 nitrogen and oxygen atoms in total. The molecule has 3 saturated carbocycles. The van der Waals surface area contributed by atoms with E-state index in [1.54, 1.807) is 6.08 Å². The molecule has 0 spiro atoms. The van der Waals surface area contributed by atoms with Gasteiger partial charge in [-0.15, -0.1) is 0 Å². The summed E-state index contributed by atoms with van der Waals surface area (Å²) in [6.07, 6.45) is 10.2. The van der Waals surface area contributed by atoms with Gasteiger partial charge in [0.1, 0.15) is 5.60 Å². The highest BCUT2D eigenvalue weighted by Gasteiger charge is 2.71. The molecule has 180 valence electrons. The molecule has 0 radical (unpaired) electrons. The Morgan fingerprint density at radius 1 is 0.969 bits per heavy atom. The van der Waals surface area contributed by atoms with Crippen molar-refractivity contribution in [1.82, 2.24) is 0 Å². The number of allylic oxidation sites excluding steroid dienone is 2. The molecule has 0 heterocycles. The van der Waals surface area contributed by atoms with Crippen molar-refractivity contribution in [1.29, 1.82) is 0 Å². The molecule has 32 heavy (non-hydrogen) atoms. The van der Waals surface area contributed by atoms with Crippen LogP contribution in [0, 0.1) is 40.4 Å². The highest BCUT2D eigenvalue weighted by atomic mass is 16.3. The Morgan fingerprint density at radius 2 is 1.66 bits per heavy atom. The number of ketones is 1. The van der Waals surface area contributed by atoms with Crippen LogP contribution in [0.15, 0.2) is 23.8 Å². The summed E-state index contributed by atoms with van der Waals surface area (Å²) in [7, 11) is 0. The first-order valence-electron chi connectivity index (χ1n) is 12.9. The topological polar surface area (TPSA) is 77.8 Å². The summed E-state index contributed by atoms with van der Waals surface area (Å²) in [4.78, 5) is 13.3. The Labute approximate surface area is 194 Å². The zero-order chi connectivity index (χ0) is 23.7. The van der Waals surface area contributed by atoms with Gasteiger partial charge in [0.15, 0.2) is 5.78 Å². The molecule has 0 aromatic carbocycles. The van der Waals surface area contributed by atoms with Crippen LogP contribution in [0.25, 0.3) is 0 Å². The molecule has 4 heteroatoms. The predicted molar refractivity (Wildman–Crippen MR) is 127 cm³/mol. The number of carbonyl (C=O) groups is 1. The Balaban J connectivity index is 1.67. The summed E-state index contributed by atoms with van der Waals surface area (Å²) in [5.41, 5.74) is -2.90. The van der Waals surface area contributed by atoms with E-state index >= 15 is 0 Å². The molecule has 9 atom stereocenters. The second-order valence-corrected chi connectivity index (χ2v) is 12.5. The van der Waals surface area contributed by atoms with Gasteiger partial charge in [-0.2, -0.15) is 0 Å². The maximum Gasteiger partial charge on any atom is 0.188 e. The Morgan fingerprint density at radius 3 is 2.31 bits per heavy atom. The van der Waals surface area contributed by atoms with Gasteiger partial charge in [-0.3, -0.25) is 4.79 Å². The Kier molecular flexibility index (Phi) is 5.88. The van der Waals surface area contributed by atoms with Crippen molar-refractivity contribution in [2.45, 2.75) is 104 Å². The molecule has 4 aliphatic carbocycles. The van der Waals surface area contributed by atoms with E-state index in [-0.39, 0.29) is 23.5 Å². The van der Waals surface area contributed by atoms with Gasteiger partial charge < -0.3 is 15.3 Å². The van der Waals surface area contributed by atoms with Crippen LogP contribution in [0.1, 0.15) is 86.5 Å². The number of fused-ring (bicyclic) bond motifs is 5. The van der Waals surface area contributed by atoms with Gasteiger partial charge in [-0.1, -0.05) is 53.7 Å². The first kappa shape index (κ1) is 24.2. The number of hydrogen-bond acceptors (Lipinski definition) is 4. The van der Waals surface area contributed by atoms with Crippen LogP contribution in [0.5, 0.6) is 0 Å². The van der Waals surface area contributed by atoms with Crippen LogP contribution in [0.2, 0.25) is 0 Å². The Bertz CT molecular complexity index is 829. The lowest BCUT2D eigenvalue weighted by molar-refractivity contribution is -0.223. The van der Waals surface area contributed by atoms with Crippen molar-refractivity contribution in [3.05, 3.63) is 23.8 Å². The fourth-order valence-electron chi connectivity index (χ4n) is 7.91. The third-order valence-electron chi connectivity index (χ3n) is 10.7. The lowest BCUT2D eigenvalue weighted by Crippen LogP contribution is -2.71. The van der Waals surface area contributed by atoms with E-state index in [0.717, 1.165) is 24.8 Å². The smallest absolute Gasteiger partial charge is 0.188 e. The van der Waals surface area contributed by atoms with Crippen LogP contribution in [0.4, 0.5) is 0 Å². The second-order valence-electron chi connectivity index (χ2n) is 12.5. The van der Waals surface area contributed by atoms with E-state index < -0.39 is 22.7 Å². The van der Waals surface area contributed by atoms with Gasteiger partial charge in [0.25, 0.3) is 0 Å². The van der Waals surface area contributed by atoms with E-state index in [1.807, 2.05) is 6.92 Å². The quantitative estimate of drug-likeness (QED) is 0.543. The van der Waals surface area contributed by atoms with E-state index in [9.17, 15) is 20.1 Å². The molecule has 0 aromatic heterocycles. The molecule has 0 bridgehead atoms. The molecule has 0 amide bonds. The highest BCUT2D eigenvalue weighted by molar-refractivity contribution is 6.00. The normalized spacial score (nSPS) is 48.2. The summed E-state index contributed by atoms with van der Waals surface area (Å²) < 4.78 is 0. The number of aliphatic hydroxyl groups excluding tert-OH is 1. The van der Waals surface area contributed by atoms with E-state index in [0.29, 0.717) is 42.9 Å². The van der Waals surface area contributed by atoms with Gasteiger partial charge in [-0.05, 0) is 85.2 Å². The minimum atomic E-state index is -1.68. The fourth-order valence-corrected chi connectivity index (χ4v) is 7.91. The minimum Gasteiger partial charge on any atom is -0.393 e. The molecule has 0 aromatic rings. The average Bonchev–Trinajstić information content (AvgIpc) is 3.07. The van der Waals surface area contributed by atoms with Crippen molar-refractivity contribution < 1.29 is 20.1 Å². The monoisotopic (exact) mass is 444 g/mol. The molecule has 4 aliphatic rings. The average molecular weight is 445 g/mol. The SMILES string of the molecule is CC(C)C(C)C=C[C@@H](C)[C@H]1CC[C@H]2C3=CC(=O)[C@@]4(O)C[C@@H](O)CC[C@]4(C)[C@@]3(O)CC[C@]12C. The first-order chi connectivity index (χ1) is 14.8. The van der Waals surface area contributed by atoms with Crippen molar-refractivity contribution in [2.75, 3.05) is 0 Å². The van der Waals surface area contributed by atoms with Gasteiger partial charge in [0.05, 0.1) is 11.7 Å². The van der Waals surface area contributed by atoms with Crippen molar-refractivity contribution >= 4 is 5.78 Å². The van der Waals surface area contributed by atoms with Gasteiger partial charge in [-0.25, -0.2) is 0 Å². The lowest BCUT2D eigenvalue weighted by Gasteiger charge is -2.63. The molecular formula is C28H44O4. The van der Waals surface area contributed by atoms with E-state index in [1.165, 1.54) is 0 Å². The van der Waals surface area contributed by atoms with E-state index in [4.69, 9.17) is 0 Å². The molecule has 1 unspecified atom stereocenters. The minimum absolute atomic E-state index is 0.0227. The van der Waals surface area contributed by atoms with Crippen molar-refractivity contribution in [3.8, 4) is 0 Å². The number of aliphatic hydroxyl groups is 3. The summed E-state index contributed by atoms with van der Waals surface area (Å²) in [5.74, 6) is 2.01. The zero-order valence-electron chi connectivity index (χ0n) is 20.9. The largest absolute Gasteiger partial charge is 0.393 e. The summed E-state index contributed by atoms with van der Waals surface area (Å²) in [5, 5.41) is 33.9. The molecule has 3 N–H and O–H groups in total. The third kappa shape index (κ3) is 3.15. The van der Waals surface area contributed by atoms with Crippen LogP contribution in [-0.4, -0.2) is 38.4 Å². The zero-order valence-corrected chi connectivity index (χ0v) is 20.9. The summed E-state index contributed by atoms with van der Waals surface area (Å²) >= 11 is 0. The Hall–Kier alpha value is -0.970. The van der Waals surface area contributed by atoms with Crippen LogP contribution in [-0.2, 0) is 4.79 Å². The highest BCUT2D eigenvalue weighted by Crippen LogP contribution is 2.68. The second kappa shape index (κ2) is 7.78. The van der Waals surface area contributed by atoms with Gasteiger partial charge in [0.2, 0.25) is 0 Å².